The van der Waals surface area contributed by atoms with Gasteiger partial charge in [-0.15, -0.1) is 11.3 Å². The Kier molecular flexibility index (Phi) is 4.54. The SMILES string of the molecule is Cc1nn(C)c(CC(N)c2cc(Br)sc2Br)c1Cl. The Morgan fingerprint density at radius 2 is 2.22 bits per heavy atom. The largest absolute Gasteiger partial charge is 0.324 e. The van der Waals surface area contributed by atoms with Crippen LogP contribution in [0.1, 0.15) is 23.0 Å². The number of halogens is 3. The van der Waals surface area contributed by atoms with Gasteiger partial charge in [-0.1, -0.05) is 11.6 Å². The summed E-state index contributed by atoms with van der Waals surface area (Å²) in [7, 11) is 1.89. The fourth-order valence-electron chi connectivity index (χ4n) is 1.83. The summed E-state index contributed by atoms with van der Waals surface area (Å²) >= 11 is 14.8. The number of hydrogen-bond donors (Lipinski definition) is 1. The molecule has 2 N–H and O–H groups in total. The van der Waals surface area contributed by atoms with Gasteiger partial charge in [-0.25, -0.2) is 0 Å². The number of aryl methyl sites for hydroxylation is 2. The van der Waals surface area contributed by atoms with E-state index in [0.717, 1.165) is 24.5 Å². The highest BCUT2D eigenvalue weighted by molar-refractivity contribution is 9.12. The maximum atomic E-state index is 6.24. The van der Waals surface area contributed by atoms with Gasteiger partial charge in [-0.3, -0.25) is 4.68 Å². The van der Waals surface area contributed by atoms with E-state index in [4.69, 9.17) is 17.3 Å². The molecule has 0 aliphatic carbocycles. The molecular formula is C11H12Br2ClN3S. The fourth-order valence-corrected chi connectivity index (χ4v) is 5.06. The Bertz CT molecular complexity index is 579. The summed E-state index contributed by atoms with van der Waals surface area (Å²) in [6, 6.07) is 1.94. The van der Waals surface area contributed by atoms with Crippen LogP contribution < -0.4 is 5.73 Å². The summed E-state index contributed by atoms with van der Waals surface area (Å²) in [5.74, 6) is 0. The summed E-state index contributed by atoms with van der Waals surface area (Å²) in [6.45, 7) is 1.90. The average Bonchev–Trinajstić information content (AvgIpc) is 2.73. The van der Waals surface area contributed by atoms with E-state index in [-0.39, 0.29) is 6.04 Å². The van der Waals surface area contributed by atoms with Crippen LogP contribution in [0.3, 0.4) is 0 Å². The second-order valence-electron chi connectivity index (χ2n) is 4.06. The lowest BCUT2D eigenvalue weighted by atomic mass is 10.1. The van der Waals surface area contributed by atoms with Gasteiger partial charge in [0.05, 0.1) is 24.0 Å². The molecular weight excluding hydrogens is 401 g/mol. The highest BCUT2D eigenvalue weighted by Gasteiger charge is 2.18. The van der Waals surface area contributed by atoms with Crippen LogP contribution in [0.5, 0.6) is 0 Å². The van der Waals surface area contributed by atoms with E-state index < -0.39 is 0 Å². The van der Waals surface area contributed by atoms with Crippen LogP contribution in [0.4, 0.5) is 0 Å². The van der Waals surface area contributed by atoms with Gasteiger partial charge in [0.2, 0.25) is 0 Å². The molecule has 2 aromatic rings. The molecule has 0 fully saturated rings. The number of thiophene rings is 1. The van der Waals surface area contributed by atoms with E-state index in [0.29, 0.717) is 11.4 Å². The molecule has 0 aromatic carbocycles. The fraction of sp³-hybridized carbons (Fsp3) is 0.364. The molecule has 0 saturated heterocycles. The first-order valence-electron chi connectivity index (χ1n) is 5.28. The first-order valence-corrected chi connectivity index (χ1v) is 8.06. The zero-order valence-electron chi connectivity index (χ0n) is 9.88. The van der Waals surface area contributed by atoms with Crippen molar-refractivity contribution >= 4 is 54.8 Å². The second kappa shape index (κ2) is 5.63. The monoisotopic (exact) mass is 411 g/mol. The minimum absolute atomic E-state index is 0.103. The van der Waals surface area contributed by atoms with Gasteiger partial charge >= 0.3 is 0 Å². The lowest BCUT2D eigenvalue weighted by Crippen LogP contribution is -2.15. The van der Waals surface area contributed by atoms with Gasteiger partial charge in [0.25, 0.3) is 0 Å². The molecule has 1 unspecified atom stereocenters. The van der Waals surface area contributed by atoms with Crippen LogP contribution in [0.15, 0.2) is 13.6 Å². The molecule has 0 saturated carbocycles. The Balaban J connectivity index is 2.26. The van der Waals surface area contributed by atoms with Gasteiger partial charge in [0, 0.05) is 19.5 Å². The topological polar surface area (TPSA) is 43.8 Å². The molecule has 18 heavy (non-hydrogen) atoms. The van der Waals surface area contributed by atoms with Crippen molar-refractivity contribution in [1.29, 1.82) is 0 Å². The quantitative estimate of drug-likeness (QED) is 0.819. The normalized spacial score (nSPS) is 13.0. The minimum atomic E-state index is -0.103. The Labute approximate surface area is 132 Å². The smallest absolute Gasteiger partial charge is 0.0847 e. The van der Waals surface area contributed by atoms with Crippen molar-refractivity contribution in [3.8, 4) is 0 Å². The van der Waals surface area contributed by atoms with Crippen LogP contribution in [-0.4, -0.2) is 9.78 Å². The number of nitrogens with two attached hydrogens (primary N) is 1. The van der Waals surface area contributed by atoms with E-state index in [1.54, 1.807) is 16.0 Å². The van der Waals surface area contributed by atoms with Crippen LogP contribution in [0, 0.1) is 6.92 Å². The van der Waals surface area contributed by atoms with Crippen LogP contribution in [-0.2, 0) is 13.5 Å². The number of aromatic nitrogens is 2. The van der Waals surface area contributed by atoms with E-state index in [2.05, 4.69) is 37.0 Å². The molecule has 2 heterocycles. The molecule has 0 amide bonds. The van der Waals surface area contributed by atoms with Gasteiger partial charge in [0.1, 0.15) is 0 Å². The maximum absolute atomic E-state index is 6.24. The summed E-state index contributed by atoms with van der Waals surface area (Å²) in [6.07, 6.45) is 0.665. The third-order valence-electron chi connectivity index (χ3n) is 2.76. The van der Waals surface area contributed by atoms with Gasteiger partial charge < -0.3 is 5.73 Å². The summed E-state index contributed by atoms with van der Waals surface area (Å²) in [5.41, 5.74) is 9.14. The van der Waals surface area contributed by atoms with Crippen molar-refractivity contribution < 1.29 is 0 Å². The third kappa shape index (κ3) is 2.82. The minimum Gasteiger partial charge on any atom is -0.324 e. The van der Waals surface area contributed by atoms with Crippen molar-refractivity contribution in [2.24, 2.45) is 12.8 Å². The predicted octanol–water partition coefficient (Wildman–Crippen LogP) is 4.21. The molecule has 0 aliphatic heterocycles. The molecule has 1 atom stereocenters. The molecule has 3 nitrogen and oxygen atoms in total. The summed E-state index contributed by atoms with van der Waals surface area (Å²) in [4.78, 5) is 0. The lowest BCUT2D eigenvalue weighted by Gasteiger charge is -2.11. The van der Waals surface area contributed by atoms with Crippen LogP contribution in [0.25, 0.3) is 0 Å². The molecule has 7 heteroatoms. The molecule has 0 aliphatic rings. The molecule has 2 rings (SSSR count). The molecule has 98 valence electrons. The van der Waals surface area contributed by atoms with Gasteiger partial charge in [-0.2, -0.15) is 5.10 Å². The lowest BCUT2D eigenvalue weighted by molar-refractivity contribution is 0.640. The van der Waals surface area contributed by atoms with Crippen molar-refractivity contribution in [1.82, 2.24) is 9.78 Å². The maximum Gasteiger partial charge on any atom is 0.0847 e. The third-order valence-corrected chi connectivity index (χ3v) is 5.63. The molecule has 2 aromatic heterocycles. The number of hydrogen-bond acceptors (Lipinski definition) is 3. The standard InChI is InChI=1S/C11H12Br2ClN3S/c1-5-10(14)8(17(2)16-5)4-7(15)6-3-9(12)18-11(6)13/h3,7H,4,15H2,1-2H3. The van der Waals surface area contributed by atoms with Gasteiger partial charge in [-0.05, 0) is 50.4 Å². The second-order valence-corrected chi connectivity index (χ2v) is 8.19. The zero-order chi connectivity index (χ0) is 13.4. The Morgan fingerprint density at radius 1 is 1.56 bits per heavy atom. The van der Waals surface area contributed by atoms with Crippen molar-refractivity contribution in [2.75, 3.05) is 0 Å². The van der Waals surface area contributed by atoms with Gasteiger partial charge in [0.15, 0.2) is 0 Å². The molecule has 0 radical (unpaired) electrons. The van der Waals surface area contributed by atoms with Crippen molar-refractivity contribution in [3.05, 3.63) is 35.6 Å². The summed E-state index contributed by atoms with van der Waals surface area (Å²) < 4.78 is 3.91. The first kappa shape index (κ1) is 14.5. The predicted molar refractivity (Wildman–Crippen MR) is 83.3 cm³/mol. The molecule has 0 bridgehead atoms. The van der Waals surface area contributed by atoms with Crippen molar-refractivity contribution in [2.45, 2.75) is 19.4 Å². The highest BCUT2D eigenvalue weighted by atomic mass is 79.9. The zero-order valence-corrected chi connectivity index (χ0v) is 14.6. The number of rotatable bonds is 3. The molecule has 0 spiro atoms. The van der Waals surface area contributed by atoms with Crippen LogP contribution in [0.2, 0.25) is 5.02 Å². The Morgan fingerprint density at radius 3 is 2.67 bits per heavy atom. The number of nitrogens with zero attached hydrogens (tertiary/aromatic N) is 2. The first-order chi connectivity index (χ1) is 8.40. The van der Waals surface area contributed by atoms with Crippen LogP contribution >= 0.6 is 54.8 Å². The Hall–Kier alpha value is 0.120. The average molecular weight is 414 g/mol. The van der Waals surface area contributed by atoms with E-state index in [9.17, 15) is 0 Å². The highest BCUT2D eigenvalue weighted by Crippen LogP contribution is 2.36. The van der Waals surface area contributed by atoms with E-state index in [1.807, 2.05) is 20.0 Å². The summed E-state index contributed by atoms with van der Waals surface area (Å²) in [5, 5.41) is 5.00. The van der Waals surface area contributed by atoms with Crippen molar-refractivity contribution in [3.63, 3.8) is 0 Å². The van der Waals surface area contributed by atoms with E-state index in [1.165, 1.54) is 0 Å². The van der Waals surface area contributed by atoms with E-state index >= 15 is 0 Å².